The maximum absolute atomic E-state index is 13.2. The molecule has 0 spiro atoms. The molecule has 4 heteroatoms. The third-order valence-electron chi connectivity index (χ3n) is 4.98. The lowest BCUT2D eigenvalue weighted by atomic mass is 10.0. The summed E-state index contributed by atoms with van der Waals surface area (Å²) in [5.74, 6) is -0.258. The van der Waals surface area contributed by atoms with Crippen molar-refractivity contribution in [3.8, 4) is 0 Å². The van der Waals surface area contributed by atoms with Crippen molar-refractivity contribution in [3.63, 3.8) is 0 Å². The number of carbonyl (C=O) groups is 2. The molecule has 0 bridgehead atoms. The summed E-state index contributed by atoms with van der Waals surface area (Å²) in [5, 5.41) is 2.92. The lowest BCUT2D eigenvalue weighted by Gasteiger charge is -2.30. The zero-order chi connectivity index (χ0) is 18.7. The highest BCUT2D eigenvalue weighted by Gasteiger charge is 2.58. The molecular weight excluding hydrogens is 324 g/mol. The van der Waals surface area contributed by atoms with Crippen LogP contribution in [0, 0.1) is 12.3 Å². The standard InChI is InChI=1S/C22H26N2O2/c1-16(2)24(15-18-7-5-4-6-8-18)21(26)22(13-14-22)20(25)23-19-11-9-17(3)10-12-19/h4-12,16H,13-15H2,1-3H3,(H,23,25). The molecule has 0 unspecified atom stereocenters. The SMILES string of the molecule is Cc1ccc(NC(=O)C2(C(=O)N(Cc3ccccc3)C(C)C)CC2)cc1. The summed E-state index contributed by atoms with van der Waals surface area (Å²) in [4.78, 5) is 27.9. The number of aryl methyl sites for hydroxylation is 1. The van der Waals surface area contributed by atoms with Gasteiger partial charge in [0, 0.05) is 18.3 Å². The van der Waals surface area contributed by atoms with Gasteiger partial charge >= 0.3 is 0 Å². The van der Waals surface area contributed by atoms with Gasteiger partial charge < -0.3 is 10.2 Å². The van der Waals surface area contributed by atoms with Gasteiger partial charge in [-0.25, -0.2) is 0 Å². The quantitative estimate of drug-likeness (QED) is 0.796. The van der Waals surface area contributed by atoms with Crippen LogP contribution in [0.2, 0.25) is 0 Å². The molecule has 0 saturated heterocycles. The second kappa shape index (κ2) is 7.32. The Labute approximate surface area is 155 Å². The average Bonchev–Trinajstić information content (AvgIpc) is 3.44. The average molecular weight is 350 g/mol. The van der Waals surface area contributed by atoms with E-state index < -0.39 is 5.41 Å². The summed E-state index contributed by atoms with van der Waals surface area (Å²) in [6.07, 6.45) is 1.23. The van der Waals surface area contributed by atoms with E-state index >= 15 is 0 Å². The molecule has 136 valence electrons. The van der Waals surface area contributed by atoms with E-state index in [9.17, 15) is 9.59 Å². The molecule has 0 atom stereocenters. The summed E-state index contributed by atoms with van der Waals surface area (Å²) >= 11 is 0. The molecule has 0 radical (unpaired) electrons. The monoisotopic (exact) mass is 350 g/mol. The summed E-state index contributed by atoms with van der Waals surface area (Å²) in [5.41, 5.74) is 2.03. The van der Waals surface area contributed by atoms with Crippen molar-refractivity contribution in [1.29, 1.82) is 0 Å². The fraction of sp³-hybridized carbons (Fsp3) is 0.364. The molecule has 1 aliphatic rings. The number of nitrogens with one attached hydrogen (secondary N) is 1. The van der Waals surface area contributed by atoms with E-state index in [1.807, 2.05) is 80.3 Å². The van der Waals surface area contributed by atoms with Crippen molar-refractivity contribution < 1.29 is 9.59 Å². The van der Waals surface area contributed by atoms with Gasteiger partial charge in [0.05, 0.1) is 0 Å². The highest BCUT2D eigenvalue weighted by molar-refractivity contribution is 6.13. The molecule has 4 nitrogen and oxygen atoms in total. The molecule has 1 saturated carbocycles. The maximum Gasteiger partial charge on any atom is 0.240 e. The summed E-state index contributed by atoms with van der Waals surface area (Å²) < 4.78 is 0. The Hall–Kier alpha value is -2.62. The van der Waals surface area contributed by atoms with Crippen molar-refractivity contribution in [3.05, 3.63) is 65.7 Å². The van der Waals surface area contributed by atoms with Crippen LogP contribution in [0.15, 0.2) is 54.6 Å². The van der Waals surface area contributed by atoms with E-state index in [1.165, 1.54) is 0 Å². The number of anilines is 1. The molecule has 0 aliphatic heterocycles. The van der Waals surface area contributed by atoms with Gasteiger partial charge in [-0.1, -0.05) is 48.0 Å². The normalized spacial score (nSPS) is 14.8. The summed E-state index contributed by atoms with van der Waals surface area (Å²) in [6, 6.07) is 17.6. The van der Waals surface area contributed by atoms with Crippen LogP contribution in [-0.4, -0.2) is 22.8 Å². The van der Waals surface area contributed by atoms with Crippen LogP contribution in [0.5, 0.6) is 0 Å². The lowest BCUT2D eigenvalue weighted by molar-refractivity contribution is -0.144. The van der Waals surface area contributed by atoms with E-state index in [2.05, 4.69) is 5.32 Å². The molecule has 26 heavy (non-hydrogen) atoms. The van der Waals surface area contributed by atoms with Crippen molar-refractivity contribution in [2.45, 2.75) is 46.2 Å². The molecule has 2 amide bonds. The van der Waals surface area contributed by atoms with Crippen LogP contribution in [-0.2, 0) is 16.1 Å². The summed E-state index contributed by atoms with van der Waals surface area (Å²) in [7, 11) is 0. The number of hydrogen-bond donors (Lipinski definition) is 1. The smallest absolute Gasteiger partial charge is 0.240 e. The van der Waals surface area contributed by atoms with E-state index in [4.69, 9.17) is 0 Å². The van der Waals surface area contributed by atoms with Crippen molar-refractivity contribution in [2.24, 2.45) is 5.41 Å². The van der Waals surface area contributed by atoms with Gasteiger partial charge in [-0.05, 0) is 51.3 Å². The van der Waals surface area contributed by atoms with Gasteiger partial charge in [-0.3, -0.25) is 9.59 Å². The van der Waals surface area contributed by atoms with Gasteiger partial charge in [0.2, 0.25) is 11.8 Å². The Morgan fingerprint density at radius 1 is 1.04 bits per heavy atom. The molecule has 1 fully saturated rings. The Morgan fingerprint density at radius 3 is 2.19 bits per heavy atom. The number of benzene rings is 2. The predicted molar refractivity (Wildman–Crippen MR) is 104 cm³/mol. The fourth-order valence-corrected chi connectivity index (χ4v) is 3.09. The minimum absolute atomic E-state index is 0.0346. The van der Waals surface area contributed by atoms with Gasteiger partial charge in [-0.2, -0.15) is 0 Å². The van der Waals surface area contributed by atoms with Crippen LogP contribution in [0.25, 0.3) is 0 Å². The Balaban J connectivity index is 1.75. The maximum atomic E-state index is 13.2. The Kier molecular flexibility index (Phi) is 5.12. The molecule has 3 rings (SSSR count). The first-order valence-corrected chi connectivity index (χ1v) is 9.15. The number of carbonyl (C=O) groups excluding carboxylic acids is 2. The topological polar surface area (TPSA) is 49.4 Å². The minimum atomic E-state index is -0.913. The van der Waals surface area contributed by atoms with Gasteiger partial charge in [-0.15, -0.1) is 0 Å². The lowest BCUT2D eigenvalue weighted by Crippen LogP contribution is -2.45. The zero-order valence-electron chi connectivity index (χ0n) is 15.7. The minimum Gasteiger partial charge on any atom is -0.335 e. The summed E-state index contributed by atoms with van der Waals surface area (Å²) in [6.45, 7) is 6.52. The van der Waals surface area contributed by atoms with Gasteiger partial charge in [0.1, 0.15) is 5.41 Å². The number of rotatable bonds is 6. The molecular formula is C22H26N2O2. The van der Waals surface area contributed by atoms with Crippen LogP contribution in [0.3, 0.4) is 0 Å². The number of amides is 2. The molecule has 2 aromatic rings. The first-order valence-electron chi connectivity index (χ1n) is 9.15. The molecule has 1 N–H and O–H groups in total. The zero-order valence-corrected chi connectivity index (χ0v) is 15.7. The highest BCUT2D eigenvalue weighted by atomic mass is 16.2. The van der Waals surface area contributed by atoms with Crippen molar-refractivity contribution in [1.82, 2.24) is 4.90 Å². The molecule has 2 aromatic carbocycles. The molecule has 0 heterocycles. The molecule has 1 aliphatic carbocycles. The van der Waals surface area contributed by atoms with Crippen LogP contribution < -0.4 is 5.32 Å². The number of nitrogens with zero attached hydrogens (tertiary/aromatic N) is 1. The van der Waals surface area contributed by atoms with Crippen molar-refractivity contribution >= 4 is 17.5 Å². The van der Waals surface area contributed by atoms with E-state index in [-0.39, 0.29) is 17.9 Å². The largest absolute Gasteiger partial charge is 0.335 e. The second-order valence-electron chi connectivity index (χ2n) is 7.41. The van der Waals surface area contributed by atoms with Gasteiger partial charge in [0.15, 0.2) is 0 Å². The second-order valence-corrected chi connectivity index (χ2v) is 7.41. The van der Waals surface area contributed by atoms with E-state index in [0.717, 1.165) is 16.8 Å². The Morgan fingerprint density at radius 2 is 1.65 bits per heavy atom. The Bertz CT molecular complexity index is 778. The first kappa shape index (κ1) is 18.2. The first-order chi connectivity index (χ1) is 12.4. The van der Waals surface area contributed by atoms with Crippen LogP contribution in [0.1, 0.15) is 37.8 Å². The third kappa shape index (κ3) is 3.79. The predicted octanol–water partition coefficient (Wildman–Crippen LogP) is 4.15. The van der Waals surface area contributed by atoms with Crippen LogP contribution in [0.4, 0.5) is 5.69 Å². The fourth-order valence-electron chi connectivity index (χ4n) is 3.09. The van der Waals surface area contributed by atoms with Crippen molar-refractivity contribution in [2.75, 3.05) is 5.32 Å². The third-order valence-corrected chi connectivity index (χ3v) is 4.98. The van der Waals surface area contributed by atoms with Crippen LogP contribution >= 0.6 is 0 Å². The number of hydrogen-bond acceptors (Lipinski definition) is 2. The molecule has 0 aromatic heterocycles. The van der Waals surface area contributed by atoms with Gasteiger partial charge in [0.25, 0.3) is 0 Å². The van der Waals surface area contributed by atoms with E-state index in [1.54, 1.807) is 0 Å². The highest BCUT2D eigenvalue weighted by Crippen LogP contribution is 2.48. The van der Waals surface area contributed by atoms with E-state index in [0.29, 0.717) is 19.4 Å².